The van der Waals surface area contributed by atoms with Gasteiger partial charge < -0.3 is 15.7 Å². The van der Waals surface area contributed by atoms with E-state index in [1.807, 2.05) is 0 Å². The maximum absolute atomic E-state index is 13.0. The quantitative estimate of drug-likeness (QED) is 0.425. The molecule has 0 saturated heterocycles. The number of thioether (sulfide) groups is 1. The molecule has 0 unspecified atom stereocenters. The lowest BCUT2D eigenvalue weighted by atomic mass is 10.2. The monoisotopic (exact) mass is 458 g/mol. The number of halogens is 2. The number of nitrogens with one attached hydrogen (secondary N) is 2. The van der Waals surface area contributed by atoms with E-state index in [2.05, 4.69) is 10.6 Å². The van der Waals surface area contributed by atoms with E-state index < -0.39 is 11.8 Å². The van der Waals surface area contributed by atoms with Crippen LogP contribution < -0.4 is 10.6 Å². The SMILES string of the molecule is O=C(CSc1cccc(NC(=O)c2ccc(F)cc2)c1)Nc1ccc(Cl)c(C(=O)O)c1. The Morgan fingerprint density at radius 2 is 1.65 bits per heavy atom. The molecular formula is C22H16ClFN2O4S. The van der Waals surface area contributed by atoms with Crippen molar-refractivity contribution in [2.45, 2.75) is 4.90 Å². The van der Waals surface area contributed by atoms with E-state index in [0.29, 0.717) is 16.9 Å². The first-order valence-electron chi connectivity index (χ1n) is 8.94. The fourth-order valence-electron chi connectivity index (χ4n) is 2.58. The molecule has 0 fully saturated rings. The van der Waals surface area contributed by atoms with Gasteiger partial charge in [0.2, 0.25) is 5.91 Å². The van der Waals surface area contributed by atoms with Gasteiger partial charge in [0.25, 0.3) is 5.91 Å². The molecule has 3 aromatic rings. The van der Waals surface area contributed by atoms with E-state index in [9.17, 15) is 18.8 Å². The van der Waals surface area contributed by atoms with Gasteiger partial charge in [0.05, 0.1) is 16.3 Å². The third-order valence-electron chi connectivity index (χ3n) is 4.05. The summed E-state index contributed by atoms with van der Waals surface area (Å²) in [5.41, 5.74) is 1.08. The number of hydrogen-bond donors (Lipinski definition) is 3. The summed E-state index contributed by atoms with van der Waals surface area (Å²) >= 11 is 7.07. The Hall–Kier alpha value is -3.36. The first kappa shape index (κ1) is 22.3. The van der Waals surface area contributed by atoms with E-state index >= 15 is 0 Å². The molecule has 0 aliphatic rings. The molecule has 9 heteroatoms. The number of aromatic carboxylic acids is 1. The van der Waals surface area contributed by atoms with Gasteiger partial charge in [-0.15, -0.1) is 11.8 Å². The highest BCUT2D eigenvalue weighted by atomic mass is 35.5. The third-order valence-corrected chi connectivity index (χ3v) is 5.37. The fraction of sp³-hybridized carbons (Fsp3) is 0.0455. The third kappa shape index (κ3) is 6.31. The molecule has 0 aromatic heterocycles. The summed E-state index contributed by atoms with van der Waals surface area (Å²) in [5.74, 6) is -2.25. The normalized spacial score (nSPS) is 10.4. The van der Waals surface area contributed by atoms with Crippen LogP contribution in [0.5, 0.6) is 0 Å². The zero-order valence-corrected chi connectivity index (χ0v) is 17.5. The number of rotatable bonds is 7. The lowest BCUT2D eigenvalue weighted by molar-refractivity contribution is -0.113. The van der Waals surface area contributed by atoms with Crippen molar-refractivity contribution in [3.8, 4) is 0 Å². The molecule has 0 atom stereocenters. The molecule has 3 N–H and O–H groups in total. The molecule has 0 saturated carbocycles. The average molecular weight is 459 g/mol. The fourth-order valence-corrected chi connectivity index (χ4v) is 3.53. The van der Waals surface area contributed by atoms with E-state index in [1.54, 1.807) is 24.3 Å². The molecule has 3 rings (SSSR count). The van der Waals surface area contributed by atoms with Crippen LogP contribution in [0.25, 0.3) is 0 Å². The second-order valence-electron chi connectivity index (χ2n) is 6.33. The molecule has 0 bridgehead atoms. The van der Waals surface area contributed by atoms with Crippen LogP contribution in [0.4, 0.5) is 15.8 Å². The van der Waals surface area contributed by atoms with Gasteiger partial charge in [-0.1, -0.05) is 17.7 Å². The van der Waals surface area contributed by atoms with Gasteiger partial charge in [-0.05, 0) is 60.7 Å². The molecule has 0 aliphatic carbocycles. The van der Waals surface area contributed by atoms with E-state index in [-0.39, 0.29) is 28.2 Å². The van der Waals surface area contributed by atoms with Gasteiger partial charge in [0.1, 0.15) is 5.82 Å². The Morgan fingerprint density at radius 3 is 2.35 bits per heavy atom. The van der Waals surface area contributed by atoms with Gasteiger partial charge in [-0.3, -0.25) is 9.59 Å². The predicted molar refractivity (Wildman–Crippen MR) is 119 cm³/mol. The molecule has 31 heavy (non-hydrogen) atoms. The Balaban J connectivity index is 1.58. The zero-order valence-electron chi connectivity index (χ0n) is 15.9. The highest BCUT2D eigenvalue weighted by Gasteiger charge is 2.12. The molecule has 0 spiro atoms. The first-order chi connectivity index (χ1) is 14.8. The van der Waals surface area contributed by atoms with Crippen molar-refractivity contribution >= 4 is 52.5 Å². The van der Waals surface area contributed by atoms with Gasteiger partial charge in [-0.25, -0.2) is 9.18 Å². The predicted octanol–water partition coefficient (Wildman–Crippen LogP) is 5.16. The van der Waals surface area contributed by atoms with Crippen molar-refractivity contribution < 1.29 is 23.9 Å². The zero-order chi connectivity index (χ0) is 22.4. The van der Waals surface area contributed by atoms with Crippen molar-refractivity contribution in [1.29, 1.82) is 0 Å². The van der Waals surface area contributed by atoms with Crippen LogP contribution >= 0.6 is 23.4 Å². The number of amides is 2. The topological polar surface area (TPSA) is 95.5 Å². The minimum Gasteiger partial charge on any atom is -0.478 e. The van der Waals surface area contributed by atoms with Crippen LogP contribution in [-0.2, 0) is 4.79 Å². The summed E-state index contributed by atoms with van der Waals surface area (Å²) in [5, 5.41) is 14.5. The highest BCUT2D eigenvalue weighted by Crippen LogP contribution is 2.24. The van der Waals surface area contributed by atoms with Crippen molar-refractivity contribution in [2.24, 2.45) is 0 Å². The van der Waals surface area contributed by atoms with Crippen LogP contribution in [0.15, 0.2) is 71.6 Å². The average Bonchev–Trinajstić information content (AvgIpc) is 2.74. The number of carboxylic acids is 1. The Kier molecular flexibility index (Phi) is 7.28. The summed E-state index contributed by atoms with van der Waals surface area (Å²) in [4.78, 5) is 36.3. The summed E-state index contributed by atoms with van der Waals surface area (Å²) in [6, 6.07) is 16.3. The minimum atomic E-state index is -1.19. The van der Waals surface area contributed by atoms with Crippen molar-refractivity contribution in [2.75, 3.05) is 16.4 Å². The lowest BCUT2D eigenvalue weighted by Crippen LogP contribution is -2.14. The van der Waals surface area contributed by atoms with E-state index in [0.717, 1.165) is 4.90 Å². The smallest absolute Gasteiger partial charge is 0.337 e. The number of carbonyl (C=O) groups is 3. The Bertz CT molecular complexity index is 1140. The standard InChI is InChI=1S/C22H16ClFN2O4S/c23-19-9-8-16(11-18(19)22(29)30)25-20(27)12-31-17-3-1-2-15(10-17)26-21(28)13-4-6-14(24)7-5-13/h1-11H,12H2,(H,25,27)(H,26,28)(H,29,30). The van der Waals surface area contributed by atoms with E-state index in [1.165, 1.54) is 54.2 Å². The molecule has 158 valence electrons. The molecule has 0 radical (unpaired) electrons. The van der Waals surface area contributed by atoms with Crippen molar-refractivity contribution in [3.63, 3.8) is 0 Å². The minimum absolute atomic E-state index is 0.0698. The molecular weight excluding hydrogens is 443 g/mol. The molecule has 3 aromatic carbocycles. The van der Waals surface area contributed by atoms with Crippen molar-refractivity contribution in [1.82, 2.24) is 0 Å². The van der Waals surface area contributed by atoms with Crippen molar-refractivity contribution in [3.05, 3.63) is 88.7 Å². The maximum atomic E-state index is 13.0. The van der Waals surface area contributed by atoms with Gasteiger partial charge in [0, 0.05) is 21.8 Å². The summed E-state index contributed by atoms with van der Waals surface area (Å²) < 4.78 is 13.0. The van der Waals surface area contributed by atoms with Crippen LogP contribution in [0.1, 0.15) is 20.7 Å². The molecule has 0 heterocycles. The number of carbonyl (C=O) groups excluding carboxylic acids is 2. The number of anilines is 2. The molecule has 0 aliphatic heterocycles. The first-order valence-corrected chi connectivity index (χ1v) is 10.3. The van der Waals surface area contributed by atoms with Crippen LogP contribution in [0, 0.1) is 5.82 Å². The van der Waals surface area contributed by atoms with E-state index in [4.69, 9.17) is 16.7 Å². The highest BCUT2D eigenvalue weighted by molar-refractivity contribution is 8.00. The Labute approximate surface area is 186 Å². The number of hydrogen-bond acceptors (Lipinski definition) is 4. The molecule has 2 amide bonds. The second-order valence-corrected chi connectivity index (χ2v) is 7.78. The Morgan fingerprint density at radius 1 is 0.935 bits per heavy atom. The maximum Gasteiger partial charge on any atom is 0.337 e. The van der Waals surface area contributed by atoms with Gasteiger partial charge >= 0.3 is 5.97 Å². The van der Waals surface area contributed by atoms with Crippen LogP contribution in [-0.4, -0.2) is 28.6 Å². The number of carboxylic acid groups (broad SMARTS) is 1. The van der Waals surface area contributed by atoms with Crippen LogP contribution in [0.2, 0.25) is 5.02 Å². The summed E-state index contributed by atoms with van der Waals surface area (Å²) in [6.07, 6.45) is 0. The van der Waals surface area contributed by atoms with Crippen LogP contribution in [0.3, 0.4) is 0 Å². The second kappa shape index (κ2) is 10.1. The summed E-state index contributed by atoms with van der Waals surface area (Å²) in [7, 11) is 0. The van der Waals surface area contributed by atoms with Gasteiger partial charge in [-0.2, -0.15) is 0 Å². The lowest BCUT2D eigenvalue weighted by Gasteiger charge is -2.09. The largest absolute Gasteiger partial charge is 0.478 e. The number of benzene rings is 3. The van der Waals surface area contributed by atoms with Gasteiger partial charge in [0.15, 0.2) is 0 Å². The molecule has 6 nitrogen and oxygen atoms in total. The summed E-state index contributed by atoms with van der Waals surface area (Å²) in [6.45, 7) is 0.